The Morgan fingerprint density at radius 3 is 2.74 bits per heavy atom. The lowest BCUT2D eigenvalue weighted by molar-refractivity contribution is -0.138. The minimum absolute atomic E-state index is 0.0158. The van der Waals surface area contributed by atoms with Crippen LogP contribution in [0.2, 0.25) is 5.15 Å². The Hall–Kier alpha value is -3.46. The lowest BCUT2D eigenvalue weighted by Gasteiger charge is -2.11. The third-order valence-corrected chi connectivity index (χ3v) is 5.22. The molecule has 1 N–H and O–H groups in total. The van der Waals surface area contributed by atoms with E-state index in [4.69, 9.17) is 11.6 Å². The van der Waals surface area contributed by atoms with Gasteiger partial charge in [0.05, 0.1) is 17.8 Å². The van der Waals surface area contributed by atoms with E-state index in [-0.39, 0.29) is 23.1 Å². The van der Waals surface area contributed by atoms with Crippen LogP contribution < -0.4 is 0 Å². The van der Waals surface area contributed by atoms with Crippen molar-refractivity contribution < 1.29 is 18.7 Å². The molecule has 1 unspecified atom stereocenters. The van der Waals surface area contributed by atoms with Crippen LogP contribution in [-0.2, 0) is 11.3 Å². The van der Waals surface area contributed by atoms with Crippen molar-refractivity contribution in [3.05, 3.63) is 70.6 Å². The number of fused-ring (bicyclic) bond motifs is 1. The molecular weight excluding hydrogens is 428 g/mol. The number of halogens is 3. The topological polar surface area (TPSA) is 93.8 Å². The van der Waals surface area contributed by atoms with Crippen molar-refractivity contribution in [3.8, 4) is 11.5 Å². The maximum absolute atomic E-state index is 14.2. The van der Waals surface area contributed by atoms with Gasteiger partial charge in [-0.3, -0.25) is 4.79 Å². The molecular formula is C21H16ClF2N5O2. The number of pyridine rings is 1. The molecule has 0 amide bonds. The molecule has 7 nitrogen and oxygen atoms in total. The van der Waals surface area contributed by atoms with Crippen molar-refractivity contribution in [1.29, 1.82) is 0 Å². The summed E-state index contributed by atoms with van der Waals surface area (Å²) in [5.41, 5.74) is 1.20. The average molecular weight is 444 g/mol. The van der Waals surface area contributed by atoms with Gasteiger partial charge < -0.3 is 5.11 Å². The number of hydrogen-bond acceptors (Lipinski definition) is 5. The first-order chi connectivity index (χ1) is 14.9. The zero-order valence-electron chi connectivity index (χ0n) is 16.3. The number of hydrogen-bond donors (Lipinski definition) is 1. The van der Waals surface area contributed by atoms with Crippen molar-refractivity contribution in [2.75, 3.05) is 0 Å². The first-order valence-electron chi connectivity index (χ1n) is 9.40. The molecule has 0 bridgehead atoms. The van der Waals surface area contributed by atoms with E-state index in [0.29, 0.717) is 28.7 Å². The van der Waals surface area contributed by atoms with Gasteiger partial charge in [-0.05, 0) is 24.6 Å². The molecule has 1 atom stereocenters. The highest BCUT2D eigenvalue weighted by Gasteiger charge is 2.24. The summed E-state index contributed by atoms with van der Waals surface area (Å²) in [6, 6.07) is 7.38. The summed E-state index contributed by atoms with van der Waals surface area (Å²) in [4.78, 5) is 24.3. The lowest BCUT2D eigenvalue weighted by atomic mass is 10.00. The SMILES string of the molecule is CCC(C(=O)O)c1cnc(-c2nn(Cc3cccc(F)c3F)c3ncccc23)nc1Cl. The van der Waals surface area contributed by atoms with Crippen LogP contribution in [0.25, 0.3) is 22.6 Å². The van der Waals surface area contributed by atoms with E-state index in [1.165, 1.54) is 23.0 Å². The van der Waals surface area contributed by atoms with E-state index in [1.54, 1.807) is 25.3 Å². The van der Waals surface area contributed by atoms with Gasteiger partial charge in [0.1, 0.15) is 10.8 Å². The van der Waals surface area contributed by atoms with Gasteiger partial charge in [-0.2, -0.15) is 5.10 Å². The Morgan fingerprint density at radius 1 is 1.23 bits per heavy atom. The van der Waals surface area contributed by atoms with E-state index in [9.17, 15) is 18.7 Å². The van der Waals surface area contributed by atoms with Crippen LogP contribution in [-0.4, -0.2) is 35.8 Å². The van der Waals surface area contributed by atoms with Crippen LogP contribution >= 0.6 is 11.6 Å². The van der Waals surface area contributed by atoms with Crippen LogP contribution in [0.3, 0.4) is 0 Å². The predicted molar refractivity (Wildman–Crippen MR) is 110 cm³/mol. The van der Waals surface area contributed by atoms with Crippen molar-refractivity contribution in [1.82, 2.24) is 24.7 Å². The van der Waals surface area contributed by atoms with Gasteiger partial charge in [0.25, 0.3) is 0 Å². The molecule has 3 heterocycles. The minimum Gasteiger partial charge on any atom is -0.481 e. The molecule has 0 radical (unpaired) electrons. The smallest absolute Gasteiger partial charge is 0.311 e. The highest BCUT2D eigenvalue weighted by molar-refractivity contribution is 6.30. The molecule has 0 aliphatic carbocycles. The fourth-order valence-electron chi connectivity index (χ4n) is 3.36. The second-order valence-corrected chi connectivity index (χ2v) is 7.19. The van der Waals surface area contributed by atoms with Gasteiger partial charge in [0, 0.05) is 23.5 Å². The van der Waals surface area contributed by atoms with Crippen LogP contribution in [0.15, 0.2) is 42.7 Å². The van der Waals surface area contributed by atoms with Crippen LogP contribution in [0, 0.1) is 11.6 Å². The molecule has 10 heteroatoms. The molecule has 0 fully saturated rings. The van der Waals surface area contributed by atoms with Gasteiger partial charge in [0.15, 0.2) is 23.1 Å². The minimum atomic E-state index is -1.02. The molecule has 0 aliphatic rings. The molecule has 158 valence electrons. The summed E-state index contributed by atoms with van der Waals surface area (Å²) in [6.45, 7) is 1.68. The first-order valence-corrected chi connectivity index (χ1v) is 9.78. The van der Waals surface area contributed by atoms with Crippen LogP contribution in [0.5, 0.6) is 0 Å². The zero-order valence-corrected chi connectivity index (χ0v) is 17.0. The predicted octanol–water partition coefficient (Wildman–Crippen LogP) is 4.45. The van der Waals surface area contributed by atoms with Gasteiger partial charge in [-0.15, -0.1) is 0 Å². The van der Waals surface area contributed by atoms with Crippen molar-refractivity contribution in [2.45, 2.75) is 25.8 Å². The summed E-state index contributed by atoms with van der Waals surface area (Å²) in [5.74, 6) is -3.57. The number of carboxylic acid groups (broad SMARTS) is 1. The second-order valence-electron chi connectivity index (χ2n) is 6.83. The largest absolute Gasteiger partial charge is 0.481 e. The standard InChI is InChI=1S/C21H16ClF2N5O2/c1-2-12(21(30)31)14-9-26-19(27-18(14)22)17-13-6-4-8-25-20(13)29(28-17)10-11-5-3-7-15(23)16(11)24/h3-9,12H,2,10H2,1H3,(H,30,31). The Kier molecular flexibility index (Phi) is 5.60. The van der Waals surface area contributed by atoms with Gasteiger partial charge in [-0.25, -0.2) is 28.4 Å². The van der Waals surface area contributed by atoms with E-state index in [2.05, 4.69) is 20.1 Å². The summed E-state index contributed by atoms with van der Waals surface area (Å²) in [7, 11) is 0. The first kappa shape index (κ1) is 20.8. The van der Waals surface area contributed by atoms with E-state index in [1.807, 2.05) is 0 Å². The average Bonchev–Trinajstić information content (AvgIpc) is 3.11. The fraction of sp³-hybridized carbons (Fsp3) is 0.190. The molecule has 0 saturated carbocycles. The number of rotatable bonds is 6. The number of nitrogens with zero attached hydrogens (tertiary/aromatic N) is 5. The fourth-order valence-corrected chi connectivity index (χ4v) is 3.62. The highest BCUT2D eigenvalue weighted by atomic mass is 35.5. The third-order valence-electron chi connectivity index (χ3n) is 4.92. The number of aromatic nitrogens is 5. The molecule has 3 aromatic heterocycles. The summed E-state index contributed by atoms with van der Waals surface area (Å²) >= 11 is 6.27. The van der Waals surface area contributed by atoms with E-state index in [0.717, 1.165) is 6.07 Å². The Balaban J connectivity index is 1.80. The number of benzene rings is 1. The number of carboxylic acids is 1. The summed E-state index contributed by atoms with van der Waals surface area (Å²) in [5, 5.41) is 14.4. The van der Waals surface area contributed by atoms with Crippen LogP contribution in [0.1, 0.15) is 30.4 Å². The molecule has 0 spiro atoms. The number of aliphatic carboxylic acids is 1. The molecule has 4 rings (SSSR count). The van der Waals surface area contributed by atoms with Gasteiger partial charge in [0.2, 0.25) is 0 Å². The van der Waals surface area contributed by atoms with Gasteiger partial charge >= 0.3 is 5.97 Å². The van der Waals surface area contributed by atoms with Gasteiger partial charge in [-0.1, -0.05) is 30.7 Å². The van der Waals surface area contributed by atoms with Crippen molar-refractivity contribution in [3.63, 3.8) is 0 Å². The molecule has 0 saturated heterocycles. The monoisotopic (exact) mass is 443 g/mol. The second kappa shape index (κ2) is 8.35. The van der Waals surface area contributed by atoms with Crippen LogP contribution in [0.4, 0.5) is 8.78 Å². The van der Waals surface area contributed by atoms with Crippen molar-refractivity contribution in [2.24, 2.45) is 0 Å². The normalized spacial score (nSPS) is 12.3. The highest BCUT2D eigenvalue weighted by Crippen LogP contribution is 2.30. The van der Waals surface area contributed by atoms with E-state index < -0.39 is 23.5 Å². The third kappa shape index (κ3) is 3.84. The zero-order chi connectivity index (χ0) is 22.1. The molecule has 1 aromatic carbocycles. The Labute approximate surface area is 180 Å². The summed E-state index contributed by atoms with van der Waals surface area (Å²) < 4.78 is 29.2. The number of carbonyl (C=O) groups is 1. The quantitative estimate of drug-likeness (QED) is 0.442. The Morgan fingerprint density at radius 2 is 2.03 bits per heavy atom. The van der Waals surface area contributed by atoms with E-state index >= 15 is 0 Å². The molecule has 4 aromatic rings. The maximum Gasteiger partial charge on any atom is 0.311 e. The molecule has 0 aliphatic heterocycles. The lowest BCUT2D eigenvalue weighted by Crippen LogP contribution is -2.12. The Bertz CT molecular complexity index is 1290. The maximum atomic E-state index is 14.2. The summed E-state index contributed by atoms with van der Waals surface area (Å²) in [6.07, 6.45) is 3.26. The van der Waals surface area contributed by atoms with Crippen molar-refractivity contribution >= 4 is 28.6 Å². The molecule has 31 heavy (non-hydrogen) atoms.